The molecule has 0 aromatic heterocycles. The van der Waals surface area contributed by atoms with Crippen molar-refractivity contribution < 1.29 is 19.1 Å². The Bertz CT molecular complexity index is 264. The minimum absolute atomic E-state index is 0.0696. The number of rotatable bonds is 7. The van der Waals surface area contributed by atoms with Crippen LogP contribution < -0.4 is 0 Å². The fraction of sp³-hybridized carbons (Fsp3) is 0.700. The summed E-state index contributed by atoms with van der Waals surface area (Å²) in [5, 5.41) is -0.591. The molecule has 5 nitrogen and oxygen atoms in total. The lowest BCUT2D eigenvalue weighted by molar-refractivity contribution is -0.152. The van der Waals surface area contributed by atoms with Crippen LogP contribution in [-0.4, -0.2) is 41.7 Å². The van der Waals surface area contributed by atoms with E-state index in [1.807, 2.05) is 13.8 Å². The number of amides is 1. The third-order valence-corrected chi connectivity index (χ3v) is 2.19. The Morgan fingerprint density at radius 3 is 2.12 bits per heavy atom. The zero-order valence-corrected chi connectivity index (χ0v) is 10.2. The molecule has 0 fully saturated rings. The molecule has 0 atom stereocenters. The molecule has 0 heterocycles. The molecule has 0 aromatic carbocycles. The maximum Gasteiger partial charge on any atom is 0.306 e. The Morgan fingerprint density at radius 1 is 1.12 bits per heavy atom. The van der Waals surface area contributed by atoms with E-state index in [-0.39, 0.29) is 25.4 Å². The van der Waals surface area contributed by atoms with Crippen molar-refractivity contribution >= 4 is 28.7 Å². The Kier molecular flexibility index (Phi) is 7.54. The van der Waals surface area contributed by atoms with E-state index in [9.17, 15) is 14.4 Å². The van der Waals surface area contributed by atoms with Gasteiger partial charge in [-0.25, -0.2) is 0 Å². The first-order valence-electron chi connectivity index (χ1n) is 5.13. The normalized spacial score (nSPS) is 9.69. The lowest BCUT2D eigenvalue weighted by atomic mass is 10.3. The molecule has 0 N–H and O–H groups in total. The van der Waals surface area contributed by atoms with Gasteiger partial charge in [0.1, 0.15) is 0 Å². The van der Waals surface area contributed by atoms with Gasteiger partial charge in [0.15, 0.2) is 6.61 Å². The summed E-state index contributed by atoms with van der Waals surface area (Å²) in [6.07, 6.45) is -0.159. The summed E-state index contributed by atoms with van der Waals surface area (Å²) in [6, 6.07) is 0. The first-order chi connectivity index (χ1) is 7.51. The van der Waals surface area contributed by atoms with Crippen molar-refractivity contribution in [3.05, 3.63) is 0 Å². The Hall–Kier alpha value is -1.10. The topological polar surface area (TPSA) is 63.7 Å². The monoisotopic (exact) mass is 249 g/mol. The van der Waals surface area contributed by atoms with Gasteiger partial charge in [0, 0.05) is 19.5 Å². The average molecular weight is 250 g/mol. The summed E-state index contributed by atoms with van der Waals surface area (Å²) in [7, 11) is 0. The number of esters is 1. The van der Waals surface area contributed by atoms with Crippen molar-refractivity contribution in [1.82, 2.24) is 4.90 Å². The summed E-state index contributed by atoms with van der Waals surface area (Å²) >= 11 is 5.06. The first kappa shape index (κ1) is 14.9. The van der Waals surface area contributed by atoms with Gasteiger partial charge in [-0.05, 0) is 25.4 Å². The van der Waals surface area contributed by atoms with Gasteiger partial charge < -0.3 is 9.64 Å². The molecular formula is C10H16ClNO4. The van der Waals surface area contributed by atoms with Crippen LogP contribution in [0.1, 0.15) is 26.7 Å². The fourth-order valence-corrected chi connectivity index (χ4v) is 1.18. The number of hydrogen-bond donors (Lipinski definition) is 0. The van der Waals surface area contributed by atoms with E-state index >= 15 is 0 Å². The van der Waals surface area contributed by atoms with E-state index in [4.69, 9.17) is 16.3 Å². The summed E-state index contributed by atoms with van der Waals surface area (Å²) in [5.74, 6) is -0.829. The fourth-order valence-electron chi connectivity index (χ4n) is 1.08. The predicted molar refractivity (Wildman–Crippen MR) is 59.0 cm³/mol. The lowest BCUT2D eigenvalue weighted by Gasteiger charge is -2.18. The predicted octanol–water partition coefficient (Wildman–Crippen LogP) is 0.944. The minimum atomic E-state index is -0.591. The van der Waals surface area contributed by atoms with Crippen molar-refractivity contribution in [3.8, 4) is 0 Å². The molecule has 0 unspecified atom stereocenters. The van der Waals surface area contributed by atoms with Gasteiger partial charge in [-0.1, -0.05) is 0 Å². The molecule has 92 valence electrons. The number of hydrogen-bond acceptors (Lipinski definition) is 4. The van der Waals surface area contributed by atoms with E-state index in [0.717, 1.165) is 0 Å². The molecule has 0 aliphatic rings. The summed E-state index contributed by atoms with van der Waals surface area (Å²) in [4.78, 5) is 34.4. The van der Waals surface area contributed by atoms with Crippen LogP contribution in [0.15, 0.2) is 0 Å². The molecule has 0 saturated heterocycles. The molecule has 0 saturated carbocycles. The molecule has 0 radical (unpaired) electrons. The zero-order chi connectivity index (χ0) is 12.6. The molecule has 1 amide bonds. The summed E-state index contributed by atoms with van der Waals surface area (Å²) in [5.41, 5.74) is 0. The molecule has 0 spiro atoms. The van der Waals surface area contributed by atoms with Gasteiger partial charge in [0.05, 0.1) is 6.42 Å². The largest absolute Gasteiger partial charge is 0.456 e. The summed E-state index contributed by atoms with van der Waals surface area (Å²) in [6.45, 7) is 4.56. The van der Waals surface area contributed by atoms with Crippen LogP contribution in [-0.2, 0) is 19.1 Å². The van der Waals surface area contributed by atoms with Crippen LogP contribution in [0.3, 0.4) is 0 Å². The number of likely N-dealkylation sites (N-methyl/N-ethyl adjacent to an activating group) is 1. The minimum Gasteiger partial charge on any atom is -0.456 e. The van der Waals surface area contributed by atoms with Gasteiger partial charge in [0.25, 0.3) is 5.91 Å². The SMILES string of the molecule is CCN(CC)C(=O)COC(=O)CCC(=O)Cl. The van der Waals surface area contributed by atoms with Gasteiger partial charge in [0.2, 0.25) is 5.24 Å². The molecule has 6 heteroatoms. The average Bonchev–Trinajstić information content (AvgIpc) is 2.25. The first-order valence-corrected chi connectivity index (χ1v) is 5.50. The molecule has 0 bridgehead atoms. The number of carbonyl (C=O) groups is 3. The molecule has 0 aromatic rings. The highest BCUT2D eigenvalue weighted by Gasteiger charge is 2.12. The van der Waals surface area contributed by atoms with Gasteiger partial charge in [-0.15, -0.1) is 0 Å². The second-order valence-electron chi connectivity index (χ2n) is 3.08. The smallest absolute Gasteiger partial charge is 0.306 e. The van der Waals surface area contributed by atoms with E-state index < -0.39 is 11.2 Å². The summed E-state index contributed by atoms with van der Waals surface area (Å²) < 4.78 is 4.70. The standard InChI is InChI=1S/C10H16ClNO4/c1-3-12(4-2)9(14)7-16-10(15)6-5-8(11)13/h3-7H2,1-2H3. The number of carbonyl (C=O) groups excluding carboxylic acids is 3. The second kappa shape index (κ2) is 8.10. The van der Waals surface area contributed by atoms with Crippen LogP contribution in [0.25, 0.3) is 0 Å². The van der Waals surface area contributed by atoms with Crippen LogP contribution in [0.4, 0.5) is 0 Å². The molecule has 0 rings (SSSR count). The molecule has 0 aliphatic carbocycles. The Morgan fingerprint density at radius 2 is 1.69 bits per heavy atom. The Labute approximate surface area is 99.7 Å². The third kappa shape index (κ3) is 6.40. The van der Waals surface area contributed by atoms with Crippen LogP contribution >= 0.6 is 11.6 Å². The van der Waals surface area contributed by atoms with Crippen molar-refractivity contribution in [2.45, 2.75) is 26.7 Å². The molecule has 16 heavy (non-hydrogen) atoms. The molecular weight excluding hydrogens is 234 g/mol. The molecule has 0 aliphatic heterocycles. The zero-order valence-electron chi connectivity index (χ0n) is 9.49. The number of ether oxygens (including phenoxy) is 1. The van der Waals surface area contributed by atoms with Crippen LogP contribution in [0.5, 0.6) is 0 Å². The van der Waals surface area contributed by atoms with Gasteiger partial charge in [-0.2, -0.15) is 0 Å². The van der Waals surface area contributed by atoms with E-state index in [0.29, 0.717) is 13.1 Å². The highest BCUT2D eigenvalue weighted by atomic mass is 35.5. The third-order valence-electron chi connectivity index (χ3n) is 2.00. The van der Waals surface area contributed by atoms with Crippen molar-refractivity contribution in [3.63, 3.8) is 0 Å². The van der Waals surface area contributed by atoms with Crippen molar-refractivity contribution in [2.24, 2.45) is 0 Å². The Balaban J connectivity index is 3.82. The maximum atomic E-state index is 11.4. The maximum absolute atomic E-state index is 11.4. The highest BCUT2D eigenvalue weighted by molar-refractivity contribution is 6.63. The number of halogens is 1. The van der Waals surface area contributed by atoms with E-state index in [2.05, 4.69) is 0 Å². The number of nitrogens with zero attached hydrogens (tertiary/aromatic N) is 1. The van der Waals surface area contributed by atoms with Crippen LogP contribution in [0.2, 0.25) is 0 Å². The van der Waals surface area contributed by atoms with Crippen molar-refractivity contribution in [1.29, 1.82) is 0 Å². The van der Waals surface area contributed by atoms with Crippen LogP contribution in [0, 0.1) is 0 Å². The highest BCUT2D eigenvalue weighted by Crippen LogP contribution is 1.98. The second-order valence-corrected chi connectivity index (χ2v) is 3.50. The quantitative estimate of drug-likeness (QED) is 0.498. The van der Waals surface area contributed by atoms with E-state index in [1.165, 1.54) is 0 Å². The van der Waals surface area contributed by atoms with E-state index in [1.54, 1.807) is 4.90 Å². The lowest BCUT2D eigenvalue weighted by Crippen LogP contribution is -2.34. The van der Waals surface area contributed by atoms with Gasteiger partial charge in [-0.3, -0.25) is 14.4 Å². The van der Waals surface area contributed by atoms with Crippen molar-refractivity contribution in [2.75, 3.05) is 19.7 Å². The van der Waals surface area contributed by atoms with Gasteiger partial charge >= 0.3 is 5.97 Å².